The molecule has 1 aromatic heterocycles. The van der Waals surface area contributed by atoms with Crippen molar-refractivity contribution in [3.63, 3.8) is 0 Å². The van der Waals surface area contributed by atoms with Gasteiger partial charge < -0.3 is 5.11 Å². The number of hydrogen-bond donors (Lipinski definition) is 1. The van der Waals surface area contributed by atoms with Crippen molar-refractivity contribution in [1.82, 2.24) is 9.78 Å². The molecule has 1 aliphatic heterocycles. The minimum Gasteiger partial charge on any atom is -0.481 e. The fourth-order valence-electron chi connectivity index (χ4n) is 2.61. The summed E-state index contributed by atoms with van der Waals surface area (Å²) in [5, 5.41) is 13.1. The van der Waals surface area contributed by atoms with Gasteiger partial charge in [-0.2, -0.15) is 5.10 Å². The van der Waals surface area contributed by atoms with E-state index in [9.17, 15) is 13.2 Å². The van der Waals surface area contributed by atoms with Gasteiger partial charge in [-0.05, 0) is 32.3 Å². The van der Waals surface area contributed by atoms with Gasteiger partial charge in [-0.3, -0.25) is 9.48 Å². The lowest BCUT2D eigenvalue weighted by Crippen LogP contribution is -2.14. The molecule has 8 heteroatoms. The van der Waals surface area contributed by atoms with Crippen molar-refractivity contribution < 1.29 is 18.3 Å². The number of aromatic nitrogens is 2. The Labute approximate surface area is 124 Å². The SMILES string of the molecule is Cc1nn(C2CCS(=O)(=O)C2)c(C)c1CCC(=O)O.Cl. The monoisotopic (exact) mass is 322 g/mol. The van der Waals surface area contributed by atoms with Gasteiger partial charge in [0, 0.05) is 12.1 Å². The molecule has 6 nitrogen and oxygen atoms in total. The van der Waals surface area contributed by atoms with Crippen molar-refractivity contribution in [3.8, 4) is 0 Å². The standard InChI is InChI=1S/C12H18N2O4S.ClH/c1-8-11(3-4-12(15)16)9(2)14(13-8)10-5-6-19(17,18)7-10;/h10H,3-7H2,1-2H3,(H,15,16);1H. The maximum Gasteiger partial charge on any atom is 0.303 e. The highest BCUT2D eigenvalue weighted by Crippen LogP contribution is 2.27. The molecule has 1 saturated heterocycles. The molecule has 114 valence electrons. The summed E-state index contributed by atoms with van der Waals surface area (Å²) >= 11 is 0. The zero-order chi connectivity index (χ0) is 14.2. The highest BCUT2D eigenvalue weighted by atomic mass is 35.5. The number of aryl methyl sites for hydroxylation is 1. The third-order valence-electron chi connectivity index (χ3n) is 3.62. The van der Waals surface area contributed by atoms with Crippen LogP contribution in [0.25, 0.3) is 0 Å². The van der Waals surface area contributed by atoms with Crippen LogP contribution in [0, 0.1) is 13.8 Å². The highest BCUT2D eigenvalue weighted by molar-refractivity contribution is 7.91. The molecule has 1 unspecified atom stereocenters. The summed E-state index contributed by atoms with van der Waals surface area (Å²) < 4.78 is 24.8. The summed E-state index contributed by atoms with van der Waals surface area (Å²) in [4.78, 5) is 10.6. The van der Waals surface area contributed by atoms with E-state index in [1.807, 2.05) is 13.8 Å². The van der Waals surface area contributed by atoms with Crippen LogP contribution < -0.4 is 0 Å². The van der Waals surface area contributed by atoms with Crippen LogP contribution in [0.15, 0.2) is 0 Å². The molecule has 0 spiro atoms. The van der Waals surface area contributed by atoms with Crippen molar-refractivity contribution >= 4 is 28.2 Å². The van der Waals surface area contributed by atoms with Crippen LogP contribution >= 0.6 is 12.4 Å². The number of carbonyl (C=O) groups is 1. The predicted molar refractivity (Wildman–Crippen MR) is 77.2 cm³/mol. The van der Waals surface area contributed by atoms with E-state index in [1.54, 1.807) is 4.68 Å². The quantitative estimate of drug-likeness (QED) is 0.902. The first-order valence-corrected chi connectivity index (χ1v) is 8.09. The molecule has 1 atom stereocenters. The molecule has 20 heavy (non-hydrogen) atoms. The highest BCUT2D eigenvalue weighted by Gasteiger charge is 2.31. The molecule has 1 aliphatic rings. The molecule has 0 bridgehead atoms. The molecule has 0 amide bonds. The van der Waals surface area contributed by atoms with Gasteiger partial charge in [0.25, 0.3) is 0 Å². The van der Waals surface area contributed by atoms with Crippen molar-refractivity contribution in [2.45, 2.75) is 39.2 Å². The number of carboxylic acid groups (broad SMARTS) is 1. The summed E-state index contributed by atoms with van der Waals surface area (Å²) in [6, 6.07) is -0.109. The summed E-state index contributed by atoms with van der Waals surface area (Å²) in [5.74, 6) is -0.497. The predicted octanol–water partition coefficient (Wildman–Crippen LogP) is 1.30. The Morgan fingerprint density at radius 3 is 2.60 bits per heavy atom. The van der Waals surface area contributed by atoms with Crippen molar-refractivity contribution in [3.05, 3.63) is 17.0 Å². The van der Waals surface area contributed by atoms with Crippen LogP contribution in [-0.4, -0.2) is 40.8 Å². The van der Waals surface area contributed by atoms with Crippen LogP contribution in [0.3, 0.4) is 0 Å². The lowest BCUT2D eigenvalue weighted by atomic mass is 10.1. The van der Waals surface area contributed by atoms with E-state index in [2.05, 4.69) is 5.10 Å². The number of sulfone groups is 1. The number of hydrogen-bond acceptors (Lipinski definition) is 4. The number of nitrogens with zero attached hydrogens (tertiary/aromatic N) is 2. The fraction of sp³-hybridized carbons (Fsp3) is 0.667. The average Bonchev–Trinajstić information content (AvgIpc) is 2.77. The van der Waals surface area contributed by atoms with E-state index >= 15 is 0 Å². The second-order valence-electron chi connectivity index (χ2n) is 5.04. The van der Waals surface area contributed by atoms with Crippen molar-refractivity contribution in [1.29, 1.82) is 0 Å². The van der Waals surface area contributed by atoms with Gasteiger partial charge in [0.05, 0.1) is 23.2 Å². The Kier molecular flexibility index (Phi) is 5.21. The first kappa shape index (κ1) is 17.0. The van der Waals surface area contributed by atoms with E-state index < -0.39 is 15.8 Å². The van der Waals surface area contributed by atoms with Gasteiger partial charge in [-0.1, -0.05) is 0 Å². The Bertz CT molecular complexity index is 609. The second-order valence-corrected chi connectivity index (χ2v) is 7.27. The lowest BCUT2D eigenvalue weighted by Gasteiger charge is -2.11. The third-order valence-corrected chi connectivity index (χ3v) is 5.37. The smallest absolute Gasteiger partial charge is 0.303 e. The van der Waals surface area contributed by atoms with E-state index in [0.717, 1.165) is 17.0 Å². The van der Waals surface area contributed by atoms with Gasteiger partial charge in [-0.15, -0.1) is 12.4 Å². The molecule has 2 heterocycles. The van der Waals surface area contributed by atoms with Crippen molar-refractivity contribution in [2.24, 2.45) is 0 Å². The van der Waals surface area contributed by atoms with Crippen LogP contribution in [0.5, 0.6) is 0 Å². The summed E-state index contributed by atoms with van der Waals surface area (Å²) in [5.41, 5.74) is 2.61. The molecule has 0 aliphatic carbocycles. The fourth-order valence-corrected chi connectivity index (χ4v) is 4.31. The van der Waals surface area contributed by atoms with E-state index in [4.69, 9.17) is 5.11 Å². The molecule has 0 aromatic carbocycles. The topological polar surface area (TPSA) is 89.3 Å². The molecule has 2 rings (SSSR count). The number of rotatable bonds is 4. The Hall–Kier alpha value is -1.08. The van der Waals surface area contributed by atoms with E-state index in [0.29, 0.717) is 12.8 Å². The Morgan fingerprint density at radius 1 is 1.45 bits per heavy atom. The molecule has 0 radical (unpaired) electrons. The molecule has 1 N–H and O–H groups in total. The van der Waals surface area contributed by atoms with Gasteiger partial charge in [-0.25, -0.2) is 8.42 Å². The average molecular weight is 323 g/mol. The number of carboxylic acids is 1. The van der Waals surface area contributed by atoms with Crippen LogP contribution in [0.1, 0.15) is 35.8 Å². The first-order valence-electron chi connectivity index (χ1n) is 6.27. The zero-order valence-electron chi connectivity index (χ0n) is 11.5. The van der Waals surface area contributed by atoms with Gasteiger partial charge in [0.15, 0.2) is 9.84 Å². The minimum absolute atomic E-state index is 0. The van der Waals surface area contributed by atoms with Crippen LogP contribution in [-0.2, 0) is 21.1 Å². The summed E-state index contributed by atoms with van der Waals surface area (Å²) in [6.45, 7) is 3.71. The van der Waals surface area contributed by atoms with Crippen LogP contribution in [0.4, 0.5) is 0 Å². The van der Waals surface area contributed by atoms with Crippen molar-refractivity contribution in [2.75, 3.05) is 11.5 Å². The molecule has 1 aromatic rings. The normalized spacial score (nSPS) is 20.6. The lowest BCUT2D eigenvalue weighted by molar-refractivity contribution is -0.136. The molecular formula is C12H19ClN2O4S. The summed E-state index contributed by atoms with van der Waals surface area (Å²) in [6.07, 6.45) is 1.09. The van der Waals surface area contributed by atoms with E-state index in [-0.39, 0.29) is 36.4 Å². The van der Waals surface area contributed by atoms with Gasteiger partial charge in [0.2, 0.25) is 0 Å². The zero-order valence-corrected chi connectivity index (χ0v) is 13.1. The van der Waals surface area contributed by atoms with E-state index in [1.165, 1.54) is 0 Å². The second kappa shape index (κ2) is 6.13. The van der Waals surface area contributed by atoms with Gasteiger partial charge in [0.1, 0.15) is 0 Å². The number of halogens is 1. The molecule has 0 saturated carbocycles. The molecular weight excluding hydrogens is 304 g/mol. The first-order chi connectivity index (χ1) is 8.80. The summed E-state index contributed by atoms with van der Waals surface area (Å²) in [7, 11) is -2.94. The number of aliphatic carboxylic acids is 1. The molecule has 1 fully saturated rings. The van der Waals surface area contributed by atoms with Crippen LogP contribution in [0.2, 0.25) is 0 Å². The largest absolute Gasteiger partial charge is 0.481 e. The Balaban J connectivity index is 0.00000200. The maximum absolute atomic E-state index is 11.5. The third kappa shape index (κ3) is 3.52. The van der Waals surface area contributed by atoms with Gasteiger partial charge >= 0.3 is 5.97 Å². The Morgan fingerprint density at radius 2 is 2.10 bits per heavy atom. The minimum atomic E-state index is -2.94. The maximum atomic E-state index is 11.5.